The summed E-state index contributed by atoms with van der Waals surface area (Å²) in [5, 5.41) is 9.98. The minimum atomic E-state index is -0.214. The maximum Gasteiger partial charge on any atom is 0.148 e. The average Bonchev–Trinajstić information content (AvgIpc) is 3.26. The van der Waals surface area contributed by atoms with Gasteiger partial charge in [0.1, 0.15) is 35.3 Å². The lowest BCUT2D eigenvalue weighted by atomic mass is 10.2. The number of hydrogen-bond acceptors (Lipinski definition) is 7. The number of aliphatic hydroxyl groups is 1. The Morgan fingerprint density at radius 3 is 3.09 bits per heavy atom. The first-order valence-electron chi connectivity index (χ1n) is 6.76. The molecule has 4 heterocycles. The number of aromatic amines is 1. The minimum Gasteiger partial charge on any atom is -0.393 e. The lowest BCUT2D eigenvalue weighted by molar-refractivity contribution is -0.00158. The van der Waals surface area contributed by atoms with Crippen molar-refractivity contribution in [1.29, 1.82) is 0 Å². The number of fused-ring (bicyclic) bond motifs is 1. The SMILES string of the molecule is Nc1ncnc2c1c(-c1ncc[nH]1)cn2[C@H]1CS[C@@H](CO)O1. The number of rotatable bonds is 3. The number of nitrogens with one attached hydrogen (secondary N) is 1. The quantitative estimate of drug-likeness (QED) is 0.659. The van der Waals surface area contributed by atoms with Gasteiger partial charge < -0.3 is 25.1 Å². The highest BCUT2D eigenvalue weighted by molar-refractivity contribution is 8.00. The minimum absolute atomic E-state index is 0.0114. The van der Waals surface area contributed by atoms with E-state index in [0.717, 1.165) is 16.7 Å². The molecule has 4 N–H and O–H groups in total. The molecule has 8 nitrogen and oxygen atoms in total. The average molecular weight is 318 g/mol. The first-order valence-corrected chi connectivity index (χ1v) is 7.81. The van der Waals surface area contributed by atoms with Crippen LogP contribution in [0.1, 0.15) is 6.23 Å². The topological polar surface area (TPSA) is 115 Å². The van der Waals surface area contributed by atoms with E-state index in [0.29, 0.717) is 17.3 Å². The Kier molecular flexibility index (Phi) is 3.25. The summed E-state index contributed by atoms with van der Waals surface area (Å²) >= 11 is 1.57. The van der Waals surface area contributed by atoms with Crippen molar-refractivity contribution in [2.24, 2.45) is 0 Å². The molecule has 0 saturated carbocycles. The second-order valence-electron chi connectivity index (χ2n) is 4.88. The van der Waals surface area contributed by atoms with E-state index in [2.05, 4.69) is 19.9 Å². The summed E-state index contributed by atoms with van der Waals surface area (Å²) in [7, 11) is 0. The van der Waals surface area contributed by atoms with Crippen LogP contribution in [0.2, 0.25) is 0 Å². The predicted octanol–water partition coefficient (Wildman–Crippen LogP) is 0.984. The van der Waals surface area contributed by atoms with Crippen molar-refractivity contribution < 1.29 is 9.84 Å². The maximum absolute atomic E-state index is 9.23. The second kappa shape index (κ2) is 5.27. The number of aliphatic hydroxyl groups excluding tert-OH is 1. The molecule has 9 heteroatoms. The van der Waals surface area contributed by atoms with Gasteiger partial charge in [0, 0.05) is 29.9 Å². The molecule has 0 aliphatic carbocycles. The molecule has 0 bridgehead atoms. The number of nitrogens with two attached hydrogens (primary N) is 1. The zero-order chi connectivity index (χ0) is 15.1. The number of aromatic nitrogens is 5. The summed E-state index contributed by atoms with van der Waals surface area (Å²) in [6.07, 6.45) is 6.58. The smallest absolute Gasteiger partial charge is 0.148 e. The van der Waals surface area contributed by atoms with E-state index < -0.39 is 0 Å². The molecule has 22 heavy (non-hydrogen) atoms. The van der Waals surface area contributed by atoms with Crippen molar-refractivity contribution in [1.82, 2.24) is 24.5 Å². The maximum atomic E-state index is 9.23. The van der Waals surface area contributed by atoms with Crippen LogP contribution in [0.15, 0.2) is 24.9 Å². The number of nitrogens with zero attached hydrogens (tertiary/aromatic N) is 4. The number of imidazole rings is 1. The fourth-order valence-corrected chi connectivity index (χ4v) is 3.54. The molecule has 114 valence electrons. The van der Waals surface area contributed by atoms with E-state index in [4.69, 9.17) is 10.5 Å². The lowest BCUT2D eigenvalue weighted by Crippen LogP contribution is -2.14. The monoisotopic (exact) mass is 318 g/mol. The van der Waals surface area contributed by atoms with Gasteiger partial charge in [-0.25, -0.2) is 15.0 Å². The van der Waals surface area contributed by atoms with Crippen molar-refractivity contribution in [2.75, 3.05) is 18.1 Å². The van der Waals surface area contributed by atoms with Crippen LogP contribution in [-0.4, -0.2) is 47.4 Å². The van der Waals surface area contributed by atoms with Crippen molar-refractivity contribution in [3.05, 3.63) is 24.9 Å². The number of hydrogen-bond donors (Lipinski definition) is 3. The van der Waals surface area contributed by atoms with E-state index in [1.807, 2.05) is 10.8 Å². The Hall–Kier alpha value is -2.10. The molecule has 1 saturated heterocycles. The molecule has 1 aliphatic rings. The highest BCUT2D eigenvalue weighted by atomic mass is 32.2. The Morgan fingerprint density at radius 1 is 1.45 bits per heavy atom. The molecule has 3 aromatic rings. The molecule has 0 spiro atoms. The first-order chi connectivity index (χ1) is 10.8. The highest BCUT2D eigenvalue weighted by Crippen LogP contribution is 2.37. The van der Waals surface area contributed by atoms with Crippen LogP contribution < -0.4 is 5.73 Å². The molecule has 0 radical (unpaired) electrons. The Balaban J connectivity index is 1.88. The van der Waals surface area contributed by atoms with Gasteiger partial charge in [0.25, 0.3) is 0 Å². The first kappa shape index (κ1) is 13.6. The van der Waals surface area contributed by atoms with Gasteiger partial charge in [-0.3, -0.25) is 0 Å². The molecule has 4 rings (SSSR count). The summed E-state index contributed by atoms with van der Waals surface area (Å²) < 4.78 is 7.74. The van der Waals surface area contributed by atoms with Crippen molar-refractivity contribution in [3.8, 4) is 11.4 Å². The van der Waals surface area contributed by atoms with Crippen LogP contribution in [0.4, 0.5) is 5.82 Å². The van der Waals surface area contributed by atoms with Gasteiger partial charge in [-0.05, 0) is 0 Å². The number of anilines is 1. The molecule has 0 amide bonds. The molecular formula is C13H14N6O2S. The lowest BCUT2D eigenvalue weighted by Gasteiger charge is -2.13. The second-order valence-corrected chi connectivity index (χ2v) is 6.07. The van der Waals surface area contributed by atoms with E-state index in [-0.39, 0.29) is 18.3 Å². The van der Waals surface area contributed by atoms with E-state index in [1.54, 1.807) is 24.2 Å². The summed E-state index contributed by atoms with van der Waals surface area (Å²) in [4.78, 5) is 15.8. The largest absolute Gasteiger partial charge is 0.393 e. The van der Waals surface area contributed by atoms with Gasteiger partial charge in [0.15, 0.2) is 0 Å². The van der Waals surface area contributed by atoms with Crippen LogP contribution in [0, 0.1) is 0 Å². The van der Waals surface area contributed by atoms with E-state index in [1.165, 1.54) is 6.33 Å². The van der Waals surface area contributed by atoms with Crippen LogP contribution in [0.25, 0.3) is 22.4 Å². The fourth-order valence-electron chi connectivity index (χ4n) is 2.61. The Bertz CT molecular complexity index is 802. The summed E-state index contributed by atoms with van der Waals surface area (Å²) in [6.45, 7) is -0.0114. The molecule has 1 fully saturated rings. The molecule has 1 aliphatic heterocycles. The molecule has 0 unspecified atom stereocenters. The third-order valence-corrected chi connectivity index (χ3v) is 4.69. The summed E-state index contributed by atoms with van der Waals surface area (Å²) in [5.74, 6) is 1.84. The van der Waals surface area contributed by atoms with Gasteiger partial charge in [0.05, 0.1) is 12.0 Å². The third kappa shape index (κ3) is 2.05. The van der Waals surface area contributed by atoms with Gasteiger partial charge in [-0.15, -0.1) is 11.8 Å². The third-order valence-electron chi connectivity index (χ3n) is 3.58. The van der Waals surface area contributed by atoms with Gasteiger partial charge in [0.2, 0.25) is 0 Å². The van der Waals surface area contributed by atoms with E-state index in [9.17, 15) is 5.11 Å². The van der Waals surface area contributed by atoms with Crippen LogP contribution in [0.5, 0.6) is 0 Å². The van der Waals surface area contributed by atoms with Crippen LogP contribution in [-0.2, 0) is 4.74 Å². The van der Waals surface area contributed by atoms with E-state index >= 15 is 0 Å². The number of nitrogen functional groups attached to an aromatic ring is 1. The zero-order valence-corrected chi connectivity index (χ0v) is 12.3. The van der Waals surface area contributed by atoms with Gasteiger partial charge in [-0.2, -0.15) is 0 Å². The van der Waals surface area contributed by atoms with Crippen molar-refractivity contribution in [3.63, 3.8) is 0 Å². The standard InChI is InChI=1S/C13H14N6O2S/c14-11-10-7(12-15-1-2-16-12)3-19(13(10)18-6-17-11)8-5-22-9(4-20)21-8/h1-3,6,8-9,20H,4-5H2,(H,15,16)(H2,14,17,18)/t8-,9+/m1/s1. The van der Waals surface area contributed by atoms with Gasteiger partial charge in [-0.1, -0.05) is 0 Å². The molecule has 0 aromatic carbocycles. The molecule has 3 aromatic heterocycles. The van der Waals surface area contributed by atoms with Crippen LogP contribution in [0.3, 0.4) is 0 Å². The summed E-state index contributed by atoms with van der Waals surface area (Å²) in [6, 6.07) is 0. The molecule has 2 atom stereocenters. The van der Waals surface area contributed by atoms with Crippen molar-refractivity contribution >= 4 is 28.6 Å². The number of ether oxygens (including phenoxy) is 1. The summed E-state index contributed by atoms with van der Waals surface area (Å²) in [5.41, 5.74) is 7.35. The Morgan fingerprint density at radius 2 is 2.36 bits per heavy atom. The normalized spacial score (nSPS) is 21.7. The Labute approximate surface area is 129 Å². The number of thioether (sulfide) groups is 1. The number of H-pyrrole nitrogens is 1. The molecular weight excluding hydrogens is 304 g/mol. The van der Waals surface area contributed by atoms with Gasteiger partial charge >= 0.3 is 0 Å². The zero-order valence-electron chi connectivity index (χ0n) is 11.5. The highest BCUT2D eigenvalue weighted by Gasteiger charge is 2.29. The van der Waals surface area contributed by atoms with Crippen molar-refractivity contribution in [2.45, 2.75) is 11.7 Å². The van der Waals surface area contributed by atoms with Crippen LogP contribution >= 0.6 is 11.8 Å². The predicted molar refractivity (Wildman–Crippen MR) is 83.0 cm³/mol. The fraction of sp³-hybridized carbons (Fsp3) is 0.308.